The van der Waals surface area contributed by atoms with Crippen LogP contribution in [0.5, 0.6) is 11.5 Å². The van der Waals surface area contributed by atoms with Gasteiger partial charge in [-0.2, -0.15) is 0 Å². The third-order valence-corrected chi connectivity index (χ3v) is 6.03. The maximum Gasteiger partial charge on any atom is 0.229 e. The first-order chi connectivity index (χ1) is 15.2. The molecule has 3 aliphatic rings. The summed E-state index contributed by atoms with van der Waals surface area (Å²) in [5.74, 6) is 1.60. The lowest BCUT2D eigenvalue weighted by molar-refractivity contribution is -0.122. The van der Waals surface area contributed by atoms with Crippen molar-refractivity contribution in [1.29, 1.82) is 0 Å². The lowest BCUT2D eigenvalue weighted by atomic mass is 10.1. The first kappa shape index (κ1) is 19.7. The van der Waals surface area contributed by atoms with Gasteiger partial charge in [0.1, 0.15) is 19.0 Å². The van der Waals surface area contributed by atoms with Crippen molar-refractivity contribution in [3.8, 4) is 11.5 Å². The summed E-state index contributed by atoms with van der Waals surface area (Å²) in [5, 5.41) is 2.91. The van der Waals surface area contributed by atoms with Crippen molar-refractivity contribution in [3.05, 3.63) is 36.5 Å². The van der Waals surface area contributed by atoms with Crippen molar-refractivity contribution in [2.45, 2.75) is 25.7 Å². The molecule has 5 rings (SSSR count). The minimum Gasteiger partial charge on any atom is -0.486 e. The number of carbonyl (C=O) groups is 2. The molecule has 1 N–H and O–H groups in total. The number of pyridine rings is 1. The highest BCUT2D eigenvalue weighted by Gasteiger charge is 2.35. The highest BCUT2D eigenvalue weighted by molar-refractivity contribution is 6.03. The van der Waals surface area contributed by atoms with Crippen molar-refractivity contribution in [3.63, 3.8) is 0 Å². The van der Waals surface area contributed by atoms with Crippen LogP contribution in [0.25, 0.3) is 0 Å². The van der Waals surface area contributed by atoms with Crippen LogP contribution in [0.1, 0.15) is 25.7 Å². The normalized spacial score (nSPS) is 20.6. The number of amides is 2. The zero-order chi connectivity index (χ0) is 21.2. The van der Waals surface area contributed by atoms with Crippen LogP contribution < -0.4 is 24.6 Å². The Balaban J connectivity index is 1.22. The Labute approximate surface area is 181 Å². The molecule has 2 fully saturated rings. The standard InChI is InChI=1S/C23H26N4O4/c28-22-12-16(15-27(22)18-5-6-19-20(13-18)31-11-10-30-19)23(29)25-17-4-7-21(24-14-17)26-8-2-1-3-9-26/h4-7,13-14,16H,1-3,8-12,15H2,(H,25,29). The molecule has 1 aromatic heterocycles. The first-order valence-electron chi connectivity index (χ1n) is 10.9. The van der Waals surface area contributed by atoms with E-state index in [0.29, 0.717) is 36.9 Å². The van der Waals surface area contributed by atoms with Gasteiger partial charge in [0.2, 0.25) is 11.8 Å². The maximum absolute atomic E-state index is 12.8. The lowest BCUT2D eigenvalue weighted by Crippen LogP contribution is -2.30. The van der Waals surface area contributed by atoms with E-state index in [1.165, 1.54) is 19.3 Å². The summed E-state index contributed by atoms with van der Waals surface area (Å²) < 4.78 is 11.2. The van der Waals surface area contributed by atoms with Gasteiger partial charge in [0, 0.05) is 37.8 Å². The van der Waals surface area contributed by atoms with E-state index in [2.05, 4.69) is 15.2 Å². The molecular formula is C23H26N4O4. The monoisotopic (exact) mass is 422 g/mol. The van der Waals surface area contributed by atoms with E-state index in [-0.39, 0.29) is 18.2 Å². The molecule has 0 spiro atoms. The number of aromatic nitrogens is 1. The Hall–Kier alpha value is -3.29. The summed E-state index contributed by atoms with van der Waals surface area (Å²) >= 11 is 0. The summed E-state index contributed by atoms with van der Waals surface area (Å²) in [7, 11) is 0. The van der Waals surface area contributed by atoms with Crippen molar-refractivity contribution in [2.24, 2.45) is 5.92 Å². The van der Waals surface area contributed by atoms with Gasteiger partial charge in [-0.05, 0) is 43.5 Å². The Kier molecular flexibility index (Phi) is 5.36. The molecule has 1 atom stereocenters. The Morgan fingerprint density at radius 3 is 2.61 bits per heavy atom. The van der Waals surface area contributed by atoms with Gasteiger partial charge in [-0.15, -0.1) is 0 Å². The highest BCUT2D eigenvalue weighted by atomic mass is 16.6. The molecule has 1 aromatic carbocycles. The second kappa shape index (κ2) is 8.45. The second-order valence-electron chi connectivity index (χ2n) is 8.18. The van der Waals surface area contributed by atoms with Gasteiger partial charge in [-0.1, -0.05) is 0 Å². The largest absolute Gasteiger partial charge is 0.486 e. The van der Waals surface area contributed by atoms with Crippen molar-refractivity contribution >= 4 is 29.0 Å². The van der Waals surface area contributed by atoms with Crippen molar-refractivity contribution in [2.75, 3.05) is 48.0 Å². The zero-order valence-corrected chi connectivity index (χ0v) is 17.4. The van der Waals surface area contributed by atoms with Gasteiger partial charge in [-0.25, -0.2) is 4.98 Å². The van der Waals surface area contributed by atoms with Crippen LogP contribution in [-0.2, 0) is 9.59 Å². The number of nitrogens with one attached hydrogen (secondary N) is 1. The lowest BCUT2D eigenvalue weighted by Gasteiger charge is -2.27. The van der Waals surface area contributed by atoms with Gasteiger partial charge >= 0.3 is 0 Å². The number of ether oxygens (including phenoxy) is 2. The molecule has 4 heterocycles. The van der Waals surface area contributed by atoms with E-state index >= 15 is 0 Å². The molecule has 2 amide bonds. The molecule has 8 nitrogen and oxygen atoms in total. The molecular weight excluding hydrogens is 396 g/mol. The molecule has 162 valence electrons. The topological polar surface area (TPSA) is 84.0 Å². The Morgan fingerprint density at radius 1 is 1.03 bits per heavy atom. The van der Waals surface area contributed by atoms with E-state index in [9.17, 15) is 9.59 Å². The van der Waals surface area contributed by atoms with Gasteiger partial charge in [0.15, 0.2) is 11.5 Å². The van der Waals surface area contributed by atoms with Crippen LogP contribution in [0.15, 0.2) is 36.5 Å². The van der Waals surface area contributed by atoms with Crippen LogP contribution >= 0.6 is 0 Å². The average Bonchev–Trinajstić information content (AvgIpc) is 3.21. The SMILES string of the molecule is O=C(Nc1ccc(N2CCCCC2)nc1)C1CC(=O)N(c2ccc3c(c2)OCCO3)C1. The molecule has 0 aliphatic carbocycles. The summed E-state index contributed by atoms with van der Waals surface area (Å²) in [6.45, 7) is 3.39. The van der Waals surface area contributed by atoms with Crippen LogP contribution in [-0.4, -0.2) is 49.6 Å². The quantitative estimate of drug-likeness (QED) is 0.816. The van der Waals surface area contributed by atoms with Gasteiger partial charge in [-0.3, -0.25) is 9.59 Å². The summed E-state index contributed by atoms with van der Waals surface area (Å²) in [5.41, 5.74) is 1.37. The fourth-order valence-corrected chi connectivity index (χ4v) is 4.35. The average molecular weight is 422 g/mol. The maximum atomic E-state index is 12.8. The van der Waals surface area contributed by atoms with Crippen LogP contribution in [0, 0.1) is 5.92 Å². The predicted octanol–water partition coefficient (Wildman–Crippen LogP) is 2.83. The Bertz CT molecular complexity index is 972. The fourth-order valence-electron chi connectivity index (χ4n) is 4.35. The molecule has 3 aliphatic heterocycles. The number of hydrogen-bond donors (Lipinski definition) is 1. The zero-order valence-electron chi connectivity index (χ0n) is 17.4. The predicted molar refractivity (Wildman–Crippen MR) is 117 cm³/mol. The summed E-state index contributed by atoms with van der Waals surface area (Å²) in [6.07, 6.45) is 5.52. The van der Waals surface area contributed by atoms with Gasteiger partial charge < -0.3 is 24.6 Å². The van der Waals surface area contributed by atoms with Gasteiger partial charge in [0.25, 0.3) is 0 Å². The number of rotatable bonds is 4. The third-order valence-electron chi connectivity index (χ3n) is 6.03. The van der Waals surface area contributed by atoms with E-state index in [0.717, 1.165) is 24.6 Å². The second-order valence-corrected chi connectivity index (χ2v) is 8.18. The molecule has 0 radical (unpaired) electrons. The Morgan fingerprint density at radius 2 is 1.84 bits per heavy atom. The summed E-state index contributed by atoms with van der Waals surface area (Å²) in [6, 6.07) is 9.26. The molecule has 8 heteroatoms. The van der Waals surface area contributed by atoms with Crippen molar-refractivity contribution in [1.82, 2.24) is 4.98 Å². The first-order valence-corrected chi connectivity index (χ1v) is 10.9. The number of hydrogen-bond acceptors (Lipinski definition) is 6. The molecule has 31 heavy (non-hydrogen) atoms. The van der Waals surface area contributed by atoms with Crippen LogP contribution in [0.2, 0.25) is 0 Å². The fraction of sp³-hybridized carbons (Fsp3) is 0.435. The third kappa shape index (κ3) is 4.15. The smallest absolute Gasteiger partial charge is 0.229 e. The minimum absolute atomic E-state index is 0.0737. The van der Waals surface area contributed by atoms with E-state index in [1.807, 2.05) is 18.2 Å². The number of anilines is 3. The molecule has 0 bridgehead atoms. The number of piperidine rings is 1. The molecule has 2 saturated heterocycles. The number of fused-ring (bicyclic) bond motifs is 1. The van der Waals surface area contributed by atoms with E-state index in [4.69, 9.17) is 9.47 Å². The number of benzene rings is 1. The number of carbonyl (C=O) groups excluding carboxylic acids is 2. The van der Waals surface area contributed by atoms with Crippen LogP contribution in [0.4, 0.5) is 17.2 Å². The van der Waals surface area contributed by atoms with Crippen LogP contribution in [0.3, 0.4) is 0 Å². The minimum atomic E-state index is -0.414. The molecule has 1 unspecified atom stereocenters. The van der Waals surface area contributed by atoms with Crippen molar-refractivity contribution < 1.29 is 19.1 Å². The summed E-state index contributed by atoms with van der Waals surface area (Å²) in [4.78, 5) is 33.8. The molecule has 0 saturated carbocycles. The van der Waals surface area contributed by atoms with Gasteiger partial charge in [0.05, 0.1) is 17.8 Å². The van der Waals surface area contributed by atoms with E-state index < -0.39 is 5.92 Å². The highest BCUT2D eigenvalue weighted by Crippen LogP contribution is 2.36. The number of nitrogens with zero attached hydrogens (tertiary/aromatic N) is 3. The van der Waals surface area contributed by atoms with E-state index in [1.54, 1.807) is 23.2 Å². The molecule has 2 aromatic rings.